The van der Waals surface area contributed by atoms with Crippen LogP contribution in [-0.4, -0.2) is 44.9 Å². The third kappa shape index (κ3) is 4.71. The number of aromatic nitrogens is 5. The van der Waals surface area contributed by atoms with Crippen LogP contribution in [0.4, 0.5) is 27.5 Å². The monoisotopic (exact) mass is 449 g/mol. The van der Waals surface area contributed by atoms with Gasteiger partial charge in [-0.05, 0) is 36.4 Å². The summed E-state index contributed by atoms with van der Waals surface area (Å²) in [5, 5.41) is 10.4. The molecule has 0 aliphatic rings. The van der Waals surface area contributed by atoms with Gasteiger partial charge >= 0.3 is 5.97 Å². The predicted molar refractivity (Wildman–Crippen MR) is 119 cm³/mol. The first kappa shape index (κ1) is 21.7. The third-order valence-corrected chi connectivity index (χ3v) is 4.60. The molecule has 168 valence electrons. The van der Waals surface area contributed by atoms with Gasteiger partial charge in [-0.3, -0.25) is 4.68 Å². The van der Waals surface area contributed by atoms with Crippen molar-refractivity contribution in [2.75, 3.05) is 24.9 Å². The molecule has 33 heavy (non-hydrogen) atoms. The molecule has 4 aromatic rings. The van der Waals surface area contributed by atoms with E-state index >= 15 is 0 Å². The minimum atomic E-state index is -0.571. The summed E-state index contributed by atoms with van der Waals surface area (Å²) in [5.41, 5.74) is 1.41. The number of aryl methyl sites for hydroxylation is 1. The van der Waals surface area contributed by atoms with Crippen molar-refractivity contribution in [3.8, 4) is 17.1 Å². The molecular formula is C22H20FN7O3. The standard InChI is InChI=1S/C22H20FN7O3/c1-30-12-25-20(29-30)14-5-4-6-16(19(14)32-2)26-21-15(22(31)33-3)8-10-18(28-21)27-17-9-7-13(23)11-24-17/h4-12H,1-3H3,(H2,24,26,27,28). The number of carbonyl (C=O) groups excluding carboxylic acids is 1. The Morgan fingerprint density at radius 2 is 1.85 bits per heavy atom. The van der Waals surface area contributed by atoms with E-state index in [0.29, 0.717) is 34.5 Å². The summed E-state index contributed by atoms with van der Waals surface area (Å²) < 4.78 is 25.2. The Morgan fingerprint density at radius 1 is 1.03 bits per heavy atom. The maximum atomic E-state index is 13.2. The number of carbonyl (C=O) groups is 1. The summed E-state index contributed by atoms with van der Waals surface area (Å²) >= 11 is 0. The van der Waals surface area contributed by atoms with E-state index in [-0.39, 0.29) is 11.4 Å². The summed E-state index contributed by atoms with van der Waals surface area (Å²) in [4.78, 5) is 25.1. The number of benzene rings is 1. The smallest absolute Gasteiger partial charge is 0.341 e. The van der Waals surface area contributed by atoms with Crippen LogP contribution in [0.25, 0.3) is 11.4 Å². The number of nitrogens with one attached hydrogen (secondary N) is 2. The third-order valence-electron chi connectivity index (χ3n) is 4.60. The Morgan fingerprint density at radius 3 is 2.52 bits per heavy atom. The number of ether oxygens (including phenoxy) is 2. The van der Waals surface area contributed by atoms with Gasteiger partial charge in [-0.25, -0.2) is 24.1 Å². The number of halogens is 1. The van der Waals surface area contributed by atoms with Crippen molar-refractivity contribution in [3.63, 3.8) is 0 Å². The molecule has 0 aliphatic carbocycles. The second kappa shape index (κ2) is 9.30. The Bertz CT molecular complexity index is 1290. The van der Waals surface area contributed by atoms with Crippen molar-refractivity contribution < 1.29 is 18.7 Å². The average Bonchev–Trinajstić information content (AvgIpc) is 3.26. The van der Waals surface area contributed by atoms with E-state index < -0.39 is 11.8 Å². The van der Waals surface area contributed by atoms with Crippen LogP contribution in [0.1, 0.15) is 10.4 Å². The molecule has 0 amide bonds. The van der Waals surface area contributed by atoms with E-state index in [0.717, 1.165) is 6.20 Å². The normalized spacial score (nSPS) is 10.5. The lowest BCUT2D eigenvalue weighted by Crippen LogP contribution is -2.09. The van der Waals surface area contributed by atoms with Gasteiger partial charge in [0.2, 0.25) is 0 Å². The highest BCUT2D eigenvalue weighted by Crippen LogP contribution is 2.37. The van der Waals surface area contributed by atoms with E-state index in [1.807, 2.05) is 6.07 Å². The first-order valence-corrected chi connectivity index (χ1v) is 9.76. The van der Waals surface area contributed by atoms with E-state index in [4.69, 9.17) is 9.47 Å². The maximum Gasteiger partial charge on any atom is 0.341 e. The Labute approximate surface area is 188 Å². The van der Waals surface area contributed by atoms with Crippen molar-refractivity contribution in [2.24, 2.45) is 7.05 Å². The number of hydrogen-bond acceptors (Lipinski definition) is 9. The maximum absolute atomic E-state index is 13.2. The topological polar surface area (TPSA) is 116 Å². The zero-order chi connectivity index (χ0) is 23.4. The molecular weight excluding hydrogens is 429 g/mol. The fraction of sp³-hybridized carbons (Fsp3) is 0.136. The Kier molecular flexibility index (Phi) is 6.11. The van der Waals surface area contributed by atoms with Gasteiger partial charge in [0.1, 0.15) is 35.2 Å². The number of para-hydroxylation sites is 1. The average molecular weight is 449 g/mol. The molecule has 1 aromatic carbocycles. The quantitative estimate of drug-likeness (QED) is 0.407. The number of pyridine rings is 2. The van der Waals surface area contributed by atoms with E-state index in [2.05, 4.69) is 30.7 Å². The fourth-order valence-corrected chi connectivity index (χ4v) is 3.10. The summed E-state index contributed by atoms with van der Waals surface area (Å²) in [6, 6.07) is 11.3. The molecule has 0 aliphatic heterocycles. The fourth-order valence-electron chi connectivity index (χ4n) is 3.10. The van der Waals surface area contributed by atoms with E-state index in [1.165, 1.54) is 26.4 Å². The molecule has 3 heterocycles. The van der Waals surface area contributed by atoms with Gasteiger partial charge in [0.05, 0.1) is 31.7 Å². The van der Waals surface area contributed by atoms with Crippen LogP contribution in [0, 0.1) is 5.82 Å². The lowest BCUT2D eigenvalue weighted by Gasteiger charge is -2.16. The van der Waals surface area contributed by atoms with Crippen molar-refractivity contribution in [1.29, 1.82) is 0 Å². The van der Waals surface area contributed by atoms with Crippen molar-refractivity contribution in [1.82, 2.24) is 24.7 Å². The number of anilines is 4. The van der Waals surface area contributed by atoms with Gasteiger partial charge in [-0.2, -0.15) is 5.10 Å². The van der Waals surface area contributed by atoms with Crippen LogP contribution < -0.4 is 15.4 Å². The van der Waals surface area contributed by atoms with Crippen LogP contribution in [0.5, 0.6) is 5.75 Å². The second-order valence-electron chi connectivity index (χ2n) is 6.82. The number of rotatable bonds is 7. The van der Waals surface area contributed by atoms with Gasteiger partial charge in [-0.1, -0.05) is 6.07 Å². The van der Waals surface area contributed by atoms with Crippen LogP contribution in [-0.2, 0) is 11.8 Å². The second-order valence-corrected chi connectivity index (χ2v) is 6.82. The Balaban J connectivity index is 1.73. The van der Waals surface area contributed by atoms with Gasteiger partial charge < -0.3 is 20.1 Å². The highest BCUT2D eigenvalue weighted by atomic mass is 19.1. The van der Waals surface area contributed by atoms with Crippen molar-refractivity contribution >= 4 is 29.1 Å². The lowest BCUT2D eigenvalue weighted by atomic mass is 10.1. The van der Waals surface area contributed by atoms with Gasteiger partial charge in [0, 0.05) is 7.05 Å². The summed E-state index contributed by atoms with van der Waals surface area (Å²) in [5.74, 6) is 0.923. The summed E-state index contributed by atoms with van der Waals surface area (Å²) in [6.07, 6.45) is 2.68. The van der Waals surface area contributed by atoms with Gasteiger partial charge in [0.15, 0.2) is 11.6 Å². The number of methoxy groups -OCH3 is 2. The summed E-state index contributed by atoms with van der Waals surface area (Å²) in [6.45, 7) is 0. The van der Waals surface area contributed by atoms with Crippen molar-refractivity contribution in [3.05, 3.63) is 66.4 Å². The molecule has 0 saturated carbocycles. The van der Waals surface area contributed by atoms with Crippen LogP contribution in [0.2, 0.25) is 0 Å². The minimum absolute atomic E-state index is 0.207. The molecule has 0 saturated heterocycles. The van der Waals surface area contributed by atoms with E-state index in [1.54, 1.807) is 42.3 Å². The van der Waals surface area contributed by atoms with Gasteiger partial charge in [0.25, 0.3) is 0 Å². The molecule has 11 heteroatoms. The summed E-state index contributed by atoms with van der Waals surface area (Å²) in [7, 11) is 4.58. The minimum Gasteiger partial charge on any atom is -0.494 e. The molecule has 0 bridgehead atoms. The number of nitrogens with zero attached hydrogens (tertiary/aromatic N) is 5. The van der Waals surface area contributed by atoms with Gasteiger partial charge in [-0.15, -0.1) is 0 Å². The Hall–Kier alpha value is -4.54. The zero-order valence-electron chi connectivity index (χ0n) is 18.0. The lowest BCUT2D eigenvalue weighted by molar-refractivity contribution is 0.0601. The highest BCUT2D eigenvalue weighted by molar-refractivity contribution is 5.96. The molecule has 0 unspecified atom stereocenters. The molecule has 2 N–H and O–H groups in total. The van der Waals surface area contributed by atoms with Crippen LogP contribution in [0.3, 0.4) is 0 Å². The molecule has 10 nitrogen and oxygen atoms in total. The van der Waals surface area contributed by atoms with Crippen LogP contribution in [0.15, 0.2) is 55.0 Å². The molecule has 3 aromatic heterocycles. The van der Waals surface area contributed by atoms with Crippen LogP contribution >= 0.6 is 0 Å². The highest BCUT2D eigenvalue weighted by Gasteiger charge is 2.19. The number of hydrogen-bond donors (Lipinski definition) is 2. The first-order valence-electron chi connectivity index (χ1n) is 9.76. The zero-order valence-corrected chi connectivity index (χ0v) is 18.0. The molecule has 0 atom stereocenters. The SMILES string of the molecule is COC(=O)c1ccc(Nc2ccc(F)cn2)nc1Nc1cccc(-c2ncn(C)n2)c1OC. The molecule has 0 spiro atoms. The molecule has 0 fully saturated rings. The van der Waals surface area contributed by atoms with E-state index in [9.17, 15) is 9.18 Å². The predicted octanol–water partition coefficient (Wildman–Crippen LogP) is 3.69. The first-order chi connectivity index (χ1) is 16.0. The molecule has 0 radical (unpaired) electrons. The molecule has 4 rings (SSSR count). The largest absolute Gasteiger partial charge is 0.494 e. The number of esters is 1. The van der Waals surface area contributed by atoms with Crippen molar-refractivity contribution in [2.45, 2.75) is 0 Å².